The summed E-state index contributed by atoms with van der Waals surface area (Å²) < 4.78 is 0. The minimum atomic E-state index is -0.689. The van der Waals surface area contributed by atoms with E-state index in [1.807, 2.05) is 0 Å². The maximum absolute atomic E-state index is 10.2. The Morgan fingerprint density at radius 2 is 2.27 bits per heavy atom. The normalized spacial score (nSPS) is 15.3. The van der Waals surface area contributed by atoms with Crippen molar-refractivity contribution in [1.29, 1.82) is 0 Å². The van der Waals surface area contributed by atoms with Crippen molar-refractivity contribution >= 4 is 5.97 Å². The molecule has 0 fully saturated rings. The molecule has 0 unspecified atom stereocenters. The number of nitrogens with one attached hydrogen (secondary N) is 1. The van der Waals surface area contributed by atoms with Crippen LogP contribution in [0.4, 0.5) is 0 Å². The fourth-order valence-electron chi connectivity index (χ4n) is 1.86. The highest BCUT2D eigenvalue weighted by Crippen LogP contribution is 2.19. The first-order chi connectivity index (χ1) is 7.29. The quantitative estimate of drug-likeness (QED) is 0.478. The van der Waals surface area contributed by atoms with Gasteiger partial charge < -0.3 is 10.4 Å². The fourth-order valence-corrected chi connectivity index (χ4v) is 1.86. The predicted molar refractivity (Wildman–Crippen MR) is 60.9 cm³/mol. The molecule has 86 valence electrons. The molecule has 0 heterocycles. The number of carbonyl (C=O) groups is 1. The molecule has 0 amide bonds. The molecule has 0 bridgehead atoms. The summed E-state index contributed by atoms with van der Waals surface area (Å²) in [6, 6.07) is 0. The molecule has 15 heavy (non-hydrogen) atoms. The molecule has 3 nitrogen and oxygen atoms in total. The summed E-state index contributed by atoms with van der Waals surface area (Å²) in [7, 11) is 0. The number of rotatable bonds is 8. The minimum Gasteiger partial charge on any atom is -0.481 e. The molecule has 1 aliphatic carbocycles. The summed E-state index contributed by atoms with van der Waals surface area (Å²) in [5.74, 6) is -0.689. The molecule has 0 spiro atoms. The molecule has 0 aliphatic heterocycles. The zero-order valence-electron chi connectivity index (χ0n) is 9.30. The molecule has 0 aromatic rings. The van der Waals surface area contributed by atoms with Crippen LogP contribution in [0.15, 0.2) is 11.6 Å². The molecule has 2 N–H and O–H groups in total. The lowest BCUT2D eigenvalue weighted by molar-refractivity contribution is -0.137. The van der Waals surface area contributed by atoms with E-state index >= 15 is 0 Å². The Morgan fingerprint density at radius 1 is 1.40 bits per heavy atom. The lowest BCUT2D eigenvalue weighted by Gasteiger charge is -2.04. The summed E-state index contributed by atoms with van der Waals surface area (Å²) >= 11 is 0. The molecule has 0 radical (unpaired) electrons. The van der Waals surface area contributed by atoms with Crippen LogP contribution in [0.3, 0.4) is 0 Å². The SMILES string of the molecule is O=C(O)CCCCNCCC1=CCCC1. The Kier molecular flexibility index (Phi) is 6.09. The summed E-state index contributed by atoms with van der Waals surface area (Å²) in [5.41, 5.74) is 1.59. The molecule has 0 saturated heterocycles. The van der Waals surface area contributed by atoms with Crippen molar-refractivity contribution in [3.05, 3.63) is 11.6 Å². The van der Waals surface area contributed by atoms with E-state index in [0.29, 0.717) is 6.42 Å². The maximum Gasteiger partial charge on any atom is 0.303 e. The Bertz CT molecular complexity index is 224. The smallest absolute Gasteiger partial charge is 0.303 e. The van der Waals surface area contributed by atoms with Gasteiger partial charge in [-0.25, -0.2) is 0 Å². The molecular formula is C12H21NO2. The zero-order valence-corrected chi connectivity index (χ0v) is 9.30. The molecule has 0 aromatic heterocycles. The van der Waals surface area contributed by atoms with Gasteiger partial charge in [-0.2, -0.15) is 0 Å². The highest BCUT2D eigenvalue weighted by Gasteiger charge is 2.03. The van der Waals surface area contributed by atoms with Crippen molar-refractivity contribution in [2.45, 2.75) is 44.9 Å². The van der Waals surface area contributed by atoms with E-state index in [2.05, 4.69) is 11.4 Å². The molecule has 1 rings (SSSR count). The van der Waals surface area contributed by atoms with Gasteiger partial charge in [0.2, 0.25) is 0 Å². The average Bonchev–Trinajstić information content (AvgIpc) is 2.68. The van der Waals surface area contributed by atoms with Crippen LogP contribution in [0.5, 0.6) is 0 Å². The summed E-state index contributed by atoms with van der Waals surface area (Å²) in [6.07, 6.45) is 9.43. The fraction of sp³-hybridized carbons (Fsp3) is 0.750. The van der Waals surface area contributed by atoms with E-state index in [0.717, 1.165) is 25.9 Å². The molecule has 3 heteroatoms. The molecule has 0 aromatic carbocycles. The van der Waals surface area contributed by atoms with Crippen molar-refractivity contribution in [3.63, 3.8) is 0 Å². The van der Waals surface area contributed by atoms with Gasteiger partial charge >= 0.3 is 5.97 Å². The van der Waals surface area contributed by atoms with Gasteiger partial charge in [0.15, 0.2) is 0 Å². The van der Waals surface area contributed by atoms with E-state index in [4.69, 9.17) is 5.11 Å². The Hall–Kier alpha value is -0.830. The van der Waals surface area contributed by atoms with Crippen LogP contribution in [0.25, 0.3) is 0 Å². The van der Waals surface area contributed by atoms with Gasteiger partial charge in [-0.3, -0.25) is 4.79 Å². The van der Waals surface area contributed by atoms with Crippen LogP contribution in [0.1, 0.15) is 44.9 Å². The third-order valence-corrected chi connectivity index (χ3v) is 2.75. The van der Waals surface area contributed by atoms with Crippen LogP contribution in [-0.2, 0) is 4.79 Å². The van der Waals surface area contributed by atoms with E-state index < -0.39 is 5.97 Å². The van der Waals surface area contributed by atoms with Crippen LogP contribution in [0.2, 0.25) is 0 Å². The number of allylic oxidation sites excluding steroid dienone is 1. The molecule has 0 atom stereocenters. The number of aliphatic carboxylic acids is 1. The molecule has 0 saturated carbocycles. The van der Waals surface area contributed by atoms with Crippen molar-refractivity contribution < 1.29 is 9.90 Å². The van der Waals surface area contributed by atoms with Crippen molar-refractivity contribution in [1.82, 2.24) is 5.32 Å². The van der Waals surface area contributed by atoms with E-state index in [1.54, 1.807) is 5.57 Å². The van der Waals surface area contributed by atoms with Crippen molar-refractivity contribution in [3.8, 4) is 0 Å². The van der Waals surface area contributed by atoms with E-state index in [-0.39, 0.29) is 0 Å². The van der Waals surface area contributed by atoms with Crippen molar-refractivity contribution in [2.75, 3.05) is 13.1 Å². The van der Waals surface area contributed by atoms with Gasteiger partial charge in [0, 0.05) is 6.42 Å². The second kappa shape index (κ2) is 7.46. The molecular weight excluding hydrogens is 190 g/mol. The van der Waals surface area contributed by atoms with Crippen LogP contribution >= 0.6 is 0 Å². The summed E-state index contributed by atoms with van der Waals surface area (Å²) in [5, 5.41) is 11.8. The van der Waals surface area contributed by atoms with Crippen LogP contribution < -0.4 is 5.32 Å². The monoisotopic (exact) mass is 211 g/mol. The van der Waals surface area contributed by atoms with Gasteiger partial charge in [0.05, 0.1) is 0 Å². The number of carboxylic acids is 1. The molecule has 1 aliphatic rings. The minimum absolute atomic E-state index is 0.298. The van der Waals surface area contributed by atoms with Gasteiger partial charge in [0.1, 0.15) is 0 Å². The topological polar surface area (TPSA) is 49.3 Å². The highest BCUT2D eigenvalue weighted by molar-refractivity contribution is 5.66. The van der Waals surface area contributed by atoms with Gasteiger partial charge in [0.25, 0.3) is 0 Å². The standard InChI is InChI=1S/C12H21NO2/c14-12(15)7-3-4-9-13-10-8-11-5-1-2-6-11/h5,13H,1-4,6-10H2,(H,14,15). The maximum atomic E-state index is 10.2. The van der Waals surface area contributed by atoms with Crippen molar-refractivity contribution in [2.24, 2.45) is 0 Å². The zero-order chi connectivity index (χ0) is 10.9. The third-order valence-electron chi connectivity index (χ3n) is 2.75. The summed E-state index contributed by atoms with van der Waals surface area (Å²) in [4.78, 5) is 10.2. The Balaban J connectivity index is 1.82. The van der Waals surface area contributed by atoms with Crippen LogP contribution in [0, 0.1) is 0 Å². The highest BCUT2D eigenvalue weighted by atomic mass is 16.4. The first kappa shape index (κ1) is 12.2. The Morgan fingerprint density at radius 3 is 2.93 bits per heavy atom. The van der Waals surface area contributed by atoms with Gasteiger partial charge in [-0.15, -0.1) is 0 Å². The lowest BCUT2D eigenvalue weighted by Crippen LogP contribution is -2.17. The first-order valence-corrected chi connectivity index (χ1v) is 5.89. The number of hydrogen-bond donors (Lipinski definition) is 2. The first-order valence-electron chi connectivity index (χ1n) is 5.89. The van der Waals surface area contributed by atoms with E-state index in [9.17, 15) is 4.79 Å². The Labute approximate surface area is 91.6 Å². The number of hydrogen-bond acceptors (Lipinski definition) is 2. The summed E-state index contributed by atoms with van der Waals surface area (Å²) in [6.45, 7) is 1.99. The van der Waals surface area contributed by atoms with E-state index in [1.165, 1.54) is 25.7 Å². The lowest BCUT2D eigenvalue weighted by atomic mass is 10.1. The van der Waals surface area contributed by atoms with Gasteiger partial charge in [-0.05, 0) is 51.6 Å². The second-order valence-electron chi connectivity index (χ2n) is 4.11. The predicted octanol–water partition coefficient (Wildman–Crippen LogP) is 2.33. The van der Waals surface area contributed by atoms with Gasteiger partial charge in [-0.1, -0.05) is 11.6 Å². The average molecular weight is 211 g/mol. The number of carboxylic acid groups (broad SMARTS) is 1. The second-order valence-corrected chi connectivity index (χ2v) is 4.11. The number of unbranched alkanes of at least 4 members (excludes halogenated alkanes) is 1. The largest absolute Gasteiger partial charge is 0.481 e. The third kappa shape index (κ3) is 6.28. The van der Waals surface area contributed by atoms with Crippen LogP contribution in [-0.4, -0.2) is 24.2 Å².